The first-order valence-electron chi connectivity index (χ1n) is 8.97. The van der Waals surface area contributed by atoms with Crippen molar-refractivity contribution in [3.63, 3.8) is 0 Å². The third-order valence-electron chi connectivity index (χ3n) is 4.50. The standard InChI is InChI=1S/C24H22O2/c25-23(21-7-3-1-4-8-21)17-15-19-11-13-20(14-12-19)16-18-24(26)22-9-5-2-6-10-22/h1-14H,15-18H2. The van der Waals surface area contributed by atoms with E-state index in [1.165, 1.54) is 0 Å². The van der Waals surface area contributed by atoms with Crippen LogP contribution in [-0.4, -0.2) is 11.6 Å². The van der Waals surface area contributed by atoms with Gasteiger partial charge in [-0.3, -0.25) is 9.59 Å². The molecule has 0 heterocycles. The van der Waals surface area contributed by atoms with Gasteiger partial charge in [0.25, 0.3) is 0 Å². The lowest BCUT2D eigenvalue weighted by Gasteiger charge is -2.05. The zero-order valence-electron chi connectivity index (χ0n) is 14.7. The van der Waals surface area contributed by atoms with Crippen LogP contribution in [0.1, 0.15) is 44.7 Å². The molecule has 0 aliphatic heterocycles. The van der Waals surface area contributed by atoms with Gasteiger partial charge in [-0.25, -0.2) is 0 Å². The van der Waals surface area contributed by atoms with E-state index in [2.05, 4.69) is 24.3 Å². The van der Waals surface area contributed by atoms with Gasteiger partial charge in [0.15, 0.2) is 11.6 Å². The maximum atomic E-state index is 12.2. The van der Waals surface area contributed by atoms with Gasteiger partial charge in [0.1, 0.15) is 0 Å². The molecule has 3 aromatic carbocycles. The van der Waals surface area contributed by atoms with Gasteiger partial charge in [-0.1, -0.05) is 84.9 Å². The first kappa shape index (κ1) is 17.8. The second-order valence-corrected chi connectivity index (χ2v) is 6.39. The summed E-state index contributed by atoms with van der Waals surface area (Å²) < 4.78 is 0. The topological polar surface area (TPSA) is 34.1 Å². The predicted molar refractivity (Wildman–Crippen MR) is 105 cm³/mol. The van der Waals surface area contributed by atoms with E-state index < -0.39 is 0 Å². The maximum absolute atomic E-state index is 12.2. The van der Waals surface area contributed by atoms with Gasteiger partial charge in [-0.05, 0) is 24.0 Å². The van der Waals surface area contributed by atoms with Gasteiger partial charge in [0, 0.05) is 24.0 Å². The lowest BCUT2D eigenvalue weighted by Crippen LogP contribution is -2.02. The monoisotopic (exact) mass is 342 g/mol. The van der Waals surface area contributed by atoms with Crippen LogP contribution in [0.5, 0.6) is 0 Å². The van der Waals surface area contributed by atoms with Gasteiger partial charge < -0.3 is 0 Å². The summed E-state index contributed by atoms with van der Waals surface area (Å²) in [6.07, 6.45) is 2.49. The number of carbonyl (C=O) groups excluding carboxylic acids is 2. The highest BCUT2D eigenvalue weighted by atomic mass is 16.1. The Morgan fingerprint density at radius 1 is 0.500 bits per heavy atom. The van der Waals surface area contributed by atoms with Crippen LogP contribution in [0.3, 0.4) is 0 Å². The zero-order chi connectivity index (χ0) is 18.2. The molecular formula is C24H22O2. The third-order valence-corrected chi connectivity index (χ3v) is 4.50. The molecule has 0 amide bonds. The highest BCUT2D eigenvalue weighted by Crippen LogP contribution is 2.13. The van der Waals surface area contributed by atoms with E-state index >= 15 is 0 Å². The molecule has 0 fully saturated rings. The zero-order valence-corrected chi connectivity index (χ0v) is 14.7. The summed E-state index contributed by atoms with van der Waals surface area (Å²) in [6, 6.07) is 27.0. The van der Waals surface area contributed by atoms with Crippen LogP contribution in [0.15, 0.2) is 84.9 Å². The second-order valence-electron chi connectivity index (χ2n) is 6.39. The number of benzene rings is 3. The molecule has 0 saturated heterocycles. The normalized spacial score (nSPS) is 10.5. The van der Waals surface area contributed by atoms with Crippen molar-refractivity contribution < 1.29 is 9.59 Å². The first-order valence-corrected chi connectivity index (χ1v) is 8.97. The van der Waals surface area contributed by atoms with Crippen molar-refractivity contribution in [3.8, 4) is 0 Å². The number of aryl methyl sites for hydroxylation is 2. The lowest BCUT2D eigenvalue weighted by atomic mass is 9.99. The highest BCUT2D eigenvalue weighted by molar-refractivity contribution is 5.96. The van der Waals surface area contributed by atoms with Gasteiger partial charge >= 0.3 is 0 Å². The number of carbonyl (C=O) groups is 2. The maximum Gasteiger partial charge on any atom is 0.163 e. The SMILES string of the molecule is O=C(CCc1ccc(CCC(=O)c2ccccc2)cc1)c1ccccc1. The van der Waals surface area contributed by atoms with E-state index in [-0.39, 0.29) is 11.6 Å². The van der Waals surface area contributed by atoms with E-state index in [0.717, 1.165) is 35.1 Å². The van der Waals surface area contributed by atoms with E-state index in [1.807, 2.05) is 60.7 Å². The highest BCUT2D eigenvalue weighted by Gasteiger charge is 2.07. The van der Waals surface area contributed by atoms with Crippen LogP contribution in [-0.2, 0) is 12.8 Å². The van der Waals surface area contributed by atoms with E-state index in [0.29, 0.717) is 12.8 Å². The van der Waals surface area contributed by atoms with Crippen LogP contribution < -0.4 is 0 Å². The Hall–Kier alpha value is -3.00. The van der Waals surface area contributed by atoms with Crippen LogP contribution >= 0.6 is 0 Å². The summed E-state index contributed by atoms with van der Waals surface area (Å²) in [5.41, 5.74) is 3.83. The van der Waals surface area contributed by atoms with Gasteiger partial charge in [-0.15, -0.1) is 0 Å². The fraction of sp³-hybridized carbons (Fsp3) is 0.167. The van der Waals surface area contributed by atoms with Crippen molar-refractivity contribution in [2.75, 3.05) is 0 Å². The van der Waals surface area contributed by atoms with Gasteiger partial charge in [0.2, 0.25) is 0 Å². The van der Waals surface area contributed by atoms with Crippen molar-refractivity contribution in [2.24, 2.45) is 0 Å². The molecule has 0 aromatic heterocycles. The smallest absolute Gasteiger partial charge is 0.163 e. The average Bonchev–Trinajstić information content (AvgIpc) is 2.72. The van der Waals surface area contributed by atoms with Crippen LogP contribution in [0, 0.1) is 0 Å². The van der Waals surface area contributed by atoms with Gasteiger partial charge in [0.05, 0.1) is 0 Å². The third kappa shape index (κ3) is 5.00. The fourth-order valence-corrected chi connectivity index (χ4v) is 2.93. The summed E-state index contributed by atoms with van der Waals surface area (Å²) in [6.45, 7) is 0. The van der Waals surface area contributed by atoms with Crippen molar-refractivity contribution in [1.29, 1.82) is 0 Å². The Labute approximate surface area is 154 Å². The summed E-state index contributed by atoms with van der Waals surface area (Å²) in [7, 11) is 0. The molecule has 0 saturated carbocycles. The molecule has 130 valence electrons. The second kappa shape index (κ2) is 8.91. The number of Topliss-reactive ketones (excluding diaryl/α,β-unsaturated/α-hetero) is 2. The number of ketones is 2. The Bertz CT molecular complexity index is 775. The summed E-state index contributed by atoms with van der Waals surface area (Å²) in [4.78, 5) is 24.3. The predicted octanol–water partition coefficient (Wildman–Crippen LogP) is 5.32. The molecule has 0 radical (unpaired) electrons. The van der Waals surface area contributed by atoms with Gasteiger partial charge in [-0.2, -0.15) is 0 Å². The fourth-order valence-electron chi connectivity index (χ4n) is 2.93. The molecular weight excluding hydrogens is 320 g/mol. The molecule has 0 spiro atoms. The Balaban J connectivity index is 1.49. The Kier molecular flexibility index (Phi) is 6.10. The minimum Gasteiger partial charge on any atom is -0.294 e. The lowest BCUT2D eigenvalue weighted by molar-refractivity contribution is 0.0974. The molecule has 0 aliphatic carbocycles. The van der Waals surface area contributed by atoms with Crippen molar-refractivity contribution in [3.05, 3.63) is 107 Å². The quantitative estimate of drug-likeness (QED) is 0.519. The molecule has 3 rings (SSSR count). The van der Waals surface area contributed by atoms with Crippen molar-refractivity contribution in [1.82, 2.24) is 0 Å². The van der Waals surface area contributed by atoms with E-state index in [4.69, 9.17) is 0 Å². The number of hydrogen-bond donors (Lipinski definition) is 0. The molecule has 0 bridgehead atoms. The molecule has 0 atom stereocenters. The minimum atomic E-state index is 0.170. The van der Waals surface area contributed by atoms with Crippen LogP contribution in [0.25, 0.3) is 0 Å². The molecule has 26 heavy (non-hydrogen) atoms. The Morgan fingerprint density at radius 2 is 0.846 bits per heavy atom. The average molecular weight is 342 g/mol. The summed E-state index contributed by atoms with van der Waals surface area (Å²) in [5, 5.41) is 0. The molecule has 0 aliphatic rings. The van der Waals surface area contributed by atoms with E-state index in [1.54, 1.807) is 0 Å². The van der Waals surface area contributed by atoms with Crippen molar-refractivity contribution >= 4 is 11.6 Å². The number of rotatable bonds is 8. The molecule has 0 unspecified atom stereocenters. The molecule has 2 nitrogen and oxygen atoms in total. The minimum absolute atomic E-state index is 0.170. The first-order chi connectivity index (χ1) is 12.7. The van der Waals surface area contributed by atoms with Crippen LogP contribution in [0.4, 0.5) is 0 Å². The number of hydrogen-bond acceptors (Lipinski definition) is 2. The largest absolute Gasteiger partial charge is 0.294 e. The molecule has 2 heteroatoms. The summed E-state index contributed by atoms with van der Waals surface area (Å²) in [5.74, 6) is 0.339. The van der Waals surface area contributed by atoms with Crippen LogP contribution in [0.2, 0.25) is 0 Å². The molecule has 3 aromatic rings. The Morgan fingerprint density at radius 3 is 1.19 bits per heavy atom. The molecule has 0 N–H and O–H groups in total. The van der Waals surface area contributed by atoms with E-state index in [9.17, 15) is 9.59 Å². The summed E-state index contributed by atoms with van der Waals surface area (Å²) >= 11 is 0. The van der Waals surface area contributed by atoms with Crippen molar-refractivity contribution in [2.45, 2.75) is 25.7 Å².